The Morgan fingerprint density at radius 2 is 2.38 bits per heavy atom. The highest BCUT2D eigenvalue weighted by molar-refractivity contribution is 9.10. The Morgan fingerprint density at radius 3 is 3.00 bits per heavy atom. The number of aromatic nitrogens is 1. The van der Waals surface area contributed by atoms with E-state index in [1.165, 1.54) is 0 Å². The molecule has 1 rings (SSSR count). The second kappa shape index (κ2) is 6.32. The van der Waals surface area contributed by atoms with E-state index < -0.39 is 0 Å². The predicted molar refractivity (Wildman–Crippen MR) is 68.1 cm³/mol. The van der Waals surface area contributed by atoms with E-state index in [-0.39, 0.29) is 12.5 Å². The first-order valence-corrected chi connectivity index (χ1v) is 5.84. The molecule has 1 amide bonds. The van der Waals surface area contributed by atoms with Crippen molar-refractivity contribution in [3.8, 4) is 0 Å². The average Bonchev–Trinajstić information content (AvgIpc) is 2.25. The van der Waals surface area contributed by atoms with Crippen molar-refractivity contribution in [2.45, 2.75) is 13.3 Å². The van der Waals surface area contributed by atoms with Crippen molar-refractivity contribution in [2.75, 3.05) is 24.1 Å². The van der Waals surface area contributed by atoms with Gasteiger partial charge in [0.2, 0.25) is 5.91 Å². The van der Waals surface area contributed by atoms with Gasteiger partial charge in [0.05, 0.1) is 12.2 Å². The monoisotopic (exact) mass is 286 g/mol. The number of halogens is 1. The molecule has 1 aromatic heterocycles. The van der Waals surface area contributed by atoms with Crippen LogP contribution in [0.25, 0.3) is 0 Å². The summed E-state index contributed by atoms with van der Waals surface area (Å²) in [6, 6.07) is 1.74. The number of carbonyl (C=O) groups excluding carboxylic acids is 1. The van der Waals surface area contributed by atoms with Crippen LogP contribution < -0.4 is 16.4 Å². The van der Waals surface area contributed by atoms with Crippen LogP contribution in [0.2, 0.25) is 0 Å². The van der Waals surface area contributed by atoms with Crippen molar-refractivity contribution >= 4 is 33.3 Å². The lowest BCUT2D eigenvalue weighted by molar-refractivity contribution is -0.119. The van der Waals surface area contributed by atoms with Crippen molar-refractivity contribution in [1.82, 2.24) is 10.3 Å². The molecular weight excluding hydrogens is 272 g/mol. The van der Waals surface area contributed by atoms with Crippen LogP contribution in [0.15, 0.2) is 16.7 Å². The minimum atomic E-state index is -0.0639. The van der Waals surface area contributed by atoms with E-state index in [4.69, 9.17) is 5.73 Å². The van der Waals surface area contributed by atoms with Gasteiger partial charge >= 0.3 is 0 Å². The molecule has 0 radical (unpaired) electrons. The Kier molecular flexibility index (Phi) is 5.04. The third kappa shape index (κ3) is 4.06. The standard InChI is InChI=1S/C10H15BrN4O/c1-2-3-13-9(16)6-15-10-8(12)4-7(11)5-14-10/h4-5H,2-3,6,12H2,1H3,(H,13,16)(H,14,15). The highest BCUT2D eigenvalue weighted by Gasteiger charge is 2.04. The number of nitrogens with two attached hydrogens (primary N) is 1. The maximum Gasteiger partial charge on any atom is 0.239 e. The number of nitrogens with one attached hydrogen (secondary N) is 2. The van der Waals surface area contributed by atoms with Gasteiger partial charge in [-0.25, -0.2) is 4.98 Å². The molecule has 0 aliphatic heterocycles. The van der Waals surface area contributed by atoms with Gasteiger partial charge in [-0.05, 0) is 28.4 Å². The Labute approximate surface area is 103 Å². The second-order valence-corrected chi connectivity index (χ2v) is 4.21. The zero-order chi connectivity index (χ0) is 12.0. The van der Waals surface area contributed by atoms with Gasteiger partial charge in [-0.3, -0.25) is 4.79 Å². The summed E-state index contributed by atoms with van der Waals surface area (Å²) in [5, 5.41) is 5.63. The molecule has 0 saturated carbocycles. The summed E-state index contributed by atoms with van der Waals surface area (Å²) >= 11 is 3.26. The van der Waals surface area contributed by atoms with Gasteiger partial charge in [0.25, 0.3) is 0 Å². The van der Waals surface area contributed by atoms with Crippen LogP contribution in [0.4, 0.5) is 11.5 Å². The maximum absolute atomic E-state index is 11.3. The molecule has 0 aliphatic carbocycles. The van der Waals surface area contributed by atoms with E-state index in [1.54, 1.807) is 12.3 Å². The van der Waals surface area contributed by atoms with Crippen molar-refractivity contribution in [3.05, 3.63) is 16.7 Å². The molecule has 1 heterocycles. The van der Waals surface area contributed by atoms with E-state index in [0.717, 1.165) is 10.9 Å². The molecule has 0 aliphatic rings. The van der Waals surface area contributed by atoms with Crippen LogP contribution in [0.1, 0.15) is 13.3 Å². The fourth-order valence-corrected chi connectivity index (χ4v) is 1.44. The van der Waals surface area contributed by atoms with E-state index in [9.17, 15) is 4.79 Å². The average molecular weight is 287 g/mol. The molecule has 0 fully saturated rings. The van der Waals surface area contributed by atoms with E-state index in [2.05, 4.69) is 31.5 Å². The SMILES string of the molecule is CCCNC(=O)CNc1ncc(Br)cc1N. The minimum Gasteiger partial charge on any atom is -0.396 e. The number of hydrogen-bond acceptors (Lipinski definition) is 4. The first kappa shape index (κ1) is 12.8. The van der Waals surface area contributed by atoms with Crippen LogP contribution in [0.3, 0.4) is 0 Å². The molecule has 16 heavy (non-hydrogen) atoms. The first-order chi connectivity index (χ1) is 7.63. The summed E-state index contributed by atoms with van der Waals surface area (Å²) in [4.78, 5) is 15.4. The van der Waals surface area contributed by atoms with Gasteiger partial charge in [0.15, 0.2) is 0 Å². The van der Waals surface area contributed by atoms with Crippen molar-refractivity contribution in [1.29, 1.82) is 0 Å². The minimum absolute atomic E-state index is 0.0639. The fraction of sp³-hybridized carbons (Fsp3) is 0.400. The lowest BCUT2D eigenvalue weighted by Gasteiger charge is -2.08. The number of carbonyl (C=O) groups is 1. The Morgan fingerprint density at radius 1 is 1.62 bits per heavy atom. The molecule has 88 valence electrons. The van der Waals surface area contributed by atoms with Crippen molar-refractivity contribution in [3.63, 3.8) is 0 Å². The van der Waals surface area contributed by atoms with E-state index in [1.807, 2.05) is 6.92 Å². The number of rotatable bonds is 5. The van der Waals surface area contributed by atoms with E-state index in [0.29, 0.717) is 18.1 Å². The number of pyridine rings is 1. The summed E-state index contributed by atoms with van der Waals surface area (Å²) < 4.78 is 0.811. The molecule has 0 atom stereocenters. The normalized spacial score (nSPS) is 9.88. The van der Waals surface area contributed by atoms with Crippen LogP contribution in [0.5, 0.6) is 0 Å². The zero-order valence-corrected chi connectivity index (χ0v) is 10.7. The van der Waals surface area contributed by atoms with Crippen molar-refractivity contribution in [2.24, 2.45) is 0 Å². The number of amides is 1. The van der Waals surface area contributed by atoms with E-state index >= 15 is 0 Å². The molecule has 1 aromatic rings. The predicted octanol–water partition coefficient (Wildman–Crippen LogP) is 1.36. The zero-order valence-electron chi connectivity index (χ0n) is 9.09. The third-order valence-corrected chi connectivity index (χ3v) is 2.31. The Bertz CT molecular complexity index is 370. The topological polar surface area (TPSA) is 80.0 Å². The summed E-state index contributed by atoms with van der Waals surface area (Å²) in [5.74, 6) is 0.459. The van der Waals surface area contributed by atoms with Crippen molar-refractivity contribution < 1.29 is 4.79 Å². The first-order valence-electron chi connectivity index (χ1n) is 5.05. The lowest BCUT2D eigenvalue weighted by Crippen LogP contribution is -2.30. The molecule has 0 aromatic carbocycles. The van der Waals surface area contributed by atoms with Gasteiger partial charge in [0, 0.05) is 17.2 Å². The van der Waals surface area contributed by atoms with Crippen LogP contribution in [-0.2, 0) is 4.79 Å². The largest absolute Gasteiger partial charge is 0.396 e. The molecule has 0 saturated heterocycles. The molecule has 0 spiro atoms. The van der Waals surface area contributed by atoms with Gasteiger partial charge in [-0.1, -0.05) is 6.92 Å². The molecule has 4 N–H and O–H groups in total. The smallest absolute Gasteiger partial charge is 0.239 e. The van der Waals surface area contributed by atoms with Crippen LogP contribution >= 0.6 is 15.9 Å². The van der Waals surface area contributed by atoms with Crippen LogP contribution in [-0.4, -0.2) is 24.0 Å². The number of nitrogens with zero attached hydrogens (tertiary/aromatic N) is 1. The molecule has 0 bridgehead atoms. The number of anilines is 2. The van der Waals surface area contributed by atoms with Gasteiger partial charge in [0.1, 0.15) is 5.82 Å². The summed E-state index contributed by atoms with van der Waals surface area (Å²) in [7, 11) is 0. The molecule has 0 unspecified atom stereocenters. The molecular formula is C10H15BrN4O. The summed E-state index contributed by atoms with van der Waals surface area (Å²) in [6.45, 7) is 2.87. The molecule has 5 nitrogen and oxygen atoms in total. The quantitative estimate of drug-likeness (QED) is 0.764. The Balaban J connectivity index is 2.45. The Hall–Kier alpha value is -1.30. The van der Waals surface area contributed by atoms with Gasteiger partial charge in [-0.15, -0.1) is 0 Å². The third-order valence-electron chi connectivity index (χ3n) is 1.87. The number of nitrogen functional groups attached to an aromatic ring is 1. The highest BCUT2D eigenvalue weighted by atomic mass is 79.9. The van der Waals surface area contributed by atoms with Crippen LogP contribution in [0, 0.1) is 0 Å². The highest BCUT2D eigenvalue weighted by Crippen LogP contribution is 2.19. The fourth-order valence-electron chi connectivity index (χ4n) is 1.09. The maximum atomic E-state index is 11.3. The lowest BCUT2D eigenvalue weighted by atomic mass is 10.4. The molecule has 6 heteroatoms. The number of hydrogen-bond donors (Lipinski definition) is 3. The van der Waals surface area contributed by atoms with Gasteiger partial charge < -0.3 is 16.4 Å². The van der Waals surface area contributed by atoms with Gasteiger partial charge in [-0.2, -0.15) is 0 Å². The second-order valence-electron chi connectivity index (χ2n) is 3.29. The summed E-state index contributed by atoms with van der Waals surface area (Å²) in [5.41, 5.74) is 6.23. The summed E-state index contributed by atoms with van der Waals surface area (Å²) in [6.07, 6.45) is 2.55.